The maximum Gasteiger partial charge on any atom is 0.426 e. The van der Waals surface area contributed by atoms with Gasteiger partial charge in [-0.3, -0.25) is 0 Å². The Balaban J connectivity index is 1.59. The lowest BCUT2D eigenvalue weighted by molar-refractivity contribution is -0.233. The monoisotopic (exact) mass is 474 g/mol. The molecule has 32 heavy (non-hydrogen) atoms. The number of allylic oxidation sites excluding steroid dienone is 4. The fourth-order valence-electron chi connectivity index (χ4n) is 5.75. The van der Waals surface area contributed by atoms with E-state index in [-0.39, 0.29) is 0 Å². The highest BCUT2D eigenvalue weighted by atomic mass is 19.4. The minimum absolute atomic E-state index is 0.306. The predicted molar refractivity (Wildman–Crippen MR) is 104 cm³/mol. The third-order valence-electron chi connectivity index (χ3n) is 7.62. The van der Waals surface area contributed by atoms with E-state index in [0.29, 0.717) is 42.7 Å². The van der Waals surface area contributed by atoms with Crippen molar-refractivity contribution in [2.24, 2.45) is 23.7 Å². The van der Waals surface area contributed by atoms with E-state index in [1.807, 2.05) is 0 Å². The fraction of sp³-hybridized carbons (Fsp3) is 0.826. The van der Waals surface area contributed by atoms with E-state index >= 15 is 4.39 Å². The summed E-state index contributed by atoms with van der Waals surface area (Å²) in [7, 11) is 1.69. The molecule has 0 amide bonds. The molecule has 2 fully saturated rings. The average molecular weight is 474 g/mol. The van der Waals surface area contributed by atoms with E-state index in [0.717, 1.165) is 45.1 Å². The summed E-state index contributed by atoms with van der Waals surface area (Å²) in [6.45, 7) is 0.752. The molecule has 0 spiro atoms. The SMILES string of the molecule is COCC1CCC(C2CCC(C3(F)C=CC(C(F)(F)C(F)C(F)(F)F)=C(F)C3)CC2)CC1. The van der Waals surface area contributed by atoms with Crippen LogP contribution < -0.4 is 0 Å². The standard InChI is InChI=1S/C23H30F8O/c1-32-13-14-2-4-15(5-3-14)16-6-8-17(9-7-16)21(26)11-10-18(19(24)12-21)22(27,28)20(25)23(29,30)31/h10-11,14-17,20H,2-9,12-13H2,1H3. The first-order valence-electron chi connectivity index (χ1n) is 11.2. The predicted octanol–water partition coefficient (Wildman–Crippen LogP) is 7.67. The van der Waals surface area contributed by atoms with Gasteiger partial charge in [-0.05, 0) is 81.1 Å². The number of halogens is 8. The highest BCUT2D eigenvalue weighted by Gasteiger charge is 2.60. The van der Waals surface area contributed by atoms with E-state index in [9.17, 15) is 30.7 Å². The molecule has 0 aromatic carbocycles. The van der Waals surface area contributed by atoms with Crippen molar-refractivity contribution < 1.29 is 39.9 Å². The Labute approximate surface area is 183 Å². The molecule has 0 heterocycles. The summed E-state index contributed by atoms with van der Waals surface area (Å²) >= 11 is 0. The molecule has 0 aliphatic heterocycles. The van der Waals surface area contributed by atoms with E-state index < -0.39 is 47.7 Å². The van der Waals surface area contributed by atoms with Crippen molar-refractivity contribution in [3.63, 3.8) is 0 Å². The average Bonchev–Trinajstić information content (AvgIpc) is 2.73. The zero-order valence-corrected chi connectivity index (χ0v) is 18.0. The molecule has 3 rings (SSSR count). The van der Waals surface area contributed by atoms with Gasteiger partial charge in [0.15, 0.2) is 0 Å². The summed E-state index contributed by atoms with van der Waals surface area (Å²) in [4.78, 5) is 0. The van der Waals surface area contributed by atoms with Gasteiger partial charge in [0.2, 0.25) is 0 Å². The summed E-state index contributed by atoms with van der Waals surface area (Å²) in [5, 5.41) is 0. The van der Waals surface area contributed by atoms with Gasteiger partial charge in [-0.1, -0.05) is 6.08 Å². The molecule has 1 nitrogen and oxygen atoms in total. The Kier molecular flexibility index (Phi) is 7.67. The van der Waals surface area contributed by atoms with Crippen LogP contribution in [0.2, 0.25) is 0 Å². The molecule has 0 radical (unpaired) electrons. The zero-order valence-electron chi connectivity index (χ0n) is 18.0. The third kappa shape index (κ3) is 5.33. The van der Waals surface area contributed by atoms with Crippen molar-refractivity contribution in [3.05, 3.63) is 23.6 Å². The lowest BCUT2D eigenvalue weighted by Gasteiger charge is -2.42. The second-order valence-electron chi connectivity index (χ2n) is 9.63. The van der Waals surface area contributed by atoms with Crippen molar-refractivity contribution in [2.75, 3.05) is 13.7 Å². The molecular formula is C23H30F8O. The van der Waals surface area contributed by atoms with E-state index in [4.69, 9.17) is 4.74 Å². The molecule has 2 atom stereocenters. The van der Waals surface area contributed by atoms with Crippen LogP contribution in [0.4, 0.5) is 35.1 Å². The van der Waals surface area contributed by atoms with Crippen LogP contribution in [0.25, 0.3) is 0 Å². The molecule has 3 aliphatic rings. The normalized spacial score (nSPS) is 35.8. The maximum absolute atomic E-state index is 15.5. The second kappa shape index (κ2) is 9.63. The summed E-state index contributed by atoms with van der Waals surface area (Å²) in [5.74, 6) is -5.88. The Morgan fingerprint density at radius 1 is 0.969 bits per heavy atom. The van der Waals surface area contributed by atoms with Crippen LogP contribution >= 0.6 is 0 Å². The first-order valence-corrected chi connectivity index (χ1v) is 11.2. The van der Waals surface area contributed by atoms with Crippen LogP contribution in [0.15, 0.2) is 23.6 Å². The van der Waals surface area contributed by atoms with Gasteiger partial charge in [-0.25, -0.2) is 13.2 Å². The van der Waals surface area contributed by atoms with Crippen LogP contribution in [-0.2, 0) is 4.74 Å². The minimum atomic E-state index is -5.85. The zero-order chi connectivity index (χ0) is 23.7. The van der Waals surface area contributed by atoms with Gasteiger partial charge in [-0.15, -0.1) is 0 Å². The van der Waals surface area contributed by atoms with Crippen LogP contribution in [0.1, 0.15) is 57.8 Å². The second-order valence-corrected chi connectivity index (χ2v) is 9.63. The lowest BCUT2D eigenvalue weighted by Crippen LogP contribution is -2.44. The number of hydrogen-bond donors (Lipinski definition) is 0. The smallest absolute Gasteiger partial charge is 0.384 e. The van der Waals surface area contributed by atoms with Crippen molar-refractivity contribution in [3.8, 4) is 0 Å². The summed E-state index contributed by atoms with van der Waals surface area (Å²) in [6, 6.07) is 0. The van der Waals surface area contributed by atoms with Crippen molar-refractivity contribution in [1.29, 1.82) is 0 Å². The van der Waals surface area contributed by atoms with Crippen LogP contribution in [0.3, 0.4) is 0 Å². The summed E-state index contributed by atoms with van der Waals surface area (Å²) in [6.07, 6.45) is -3.71. The Bertz CT molecular complexity index is 699. The maximum atomic E-state index is 15.5. The number of alkyl halides is 7. The molecule has 2 unspecified atom stereocenters. The van der Waals surface area contributed by atoms with Crippen molar-refractivity contribution in [1.82, 2.24) is 0 Å². The number of ether oxygens (including phenoxy) is 1. The molecule has 184 valence electrons. The number of rotatable bonds is 6. The van der Waals surface area contributed by atoms with Gasteiger partial charge in [0.05, 0.1) is 5.57 Å². The third-order valence-corrected chi connectivity index (χ3v) is 7.62. The highest BCUT2D eigenvalue weighted by Crippen LogP contribution is 2.50. The molecule has 0 bridgehead atoms. The molecule has 0 aromatic rings. The topological polar surface area (TPSA) is 9.23 Å². The van der Waals surface area contributed by atoms with E-state index in [1.54, 1.807) is 7.11 Å². The first kappa shape index (κ1) is 25.5. The lowest BCUT2D eigenvalue weighted by atomic mass is 9.66. The van der Waals surface area contributed by atoms with Gasteiger partial charge in [0.25, 0.3) is 6.17 Å². The molecule has 0 N–H and O–H groups in total. The number of methoxy groups -OCH3 is 1. The quantitative estimate of drug-likeness (QED) is 0.359. The largest absolute Gasteiger partial charge is 0.426 e. The minimum Gasteiger partial charge on any atom is -0.384 e. The van der Waals surface area contributed by atoms with Crippen LogP contribution in [0.5, 0.6) is 0 Å². The van der Waals surface area contributed by atoms with Gasteiger partial charge >= 0.3 is 12.1 Å². The Hall–Kier alpha value is -1.12. The van der Waals surface area contributed by atoms with Gasteiger partial charge in [0, 0.05) is 20.1 Å². The van der Waals surface area contributed by atoms with E-state index in [2.05, 4.69) is 0 Å². The van der Waals surface area contributed by atoms with Crippen molar-refractivity contribution >= 4 is 0 Å². The number of hydrogen-bond acceptors (Lipinski definition) is 1. The highest BCUT2D eigenvalue weighted by molar-refractivity contribution is 5.38. The van der Waals surface area contributed by atoms with Gasteiger partial charge < -0.3 is 4.74 Å². The van der Waals surface area contributed by atoms with Crippen LogP contribution in [0, 0.1) is 23.7 Å². The molecule has 0 aromatic heterocycles. The summed E-state index contributed by atoms with van der Waals surface area (Å²) < 4.78 is 113. The van der Waals surface area contributed by atoms with Gasteiger partial charge in [0.1, 0.15) is 11.5 Å². The molecule has 9 heteroatoms. The van der Waals surface area contributed by atoms with E-state index in [1.165, 1.54) is 0 Å². The Morgan fingerprint density at radius 3 is 1.97 bits per heavy atom. The molecular weight excluding hydrogens is 444 g/mol. The fourth-order valence-corrected chi connectivity index (χ4v) is 5.75. The molecule has 0 saturated heterocycles. The summed E-state index contributed by atoms with van der Waals surface area (Å²) in [5.41, 5.74) is -3.98. The van der Waals surface area contributed by atoms with Gasteiger partial charge in [-0.2, -0.15) is 22.0 Å². The molecule has 3 aliphatic carbocycles. The molecule has 2 saturated carbocycles. The van der Waals surface area contributed by atoms with Crippen LogP contribution in [-0.4, -0.2) is 37.7 Å². The Morgan fingerprint density at radius 2 is 1.50 bits per heavy atom. The van der Waals surface area contributed by atoms with Crippen molar-refractivity contribution in [2.45, 2.75) is 81.7 Å². The first-order chi connectivity index (χ1) is 14.9.